The minimum absolute atomic E-state index is 0.0844. The Morgan fingerprint density at radius 1 is 1.09 bits per heavy atom. The van der Waals surface area contributed by atoms with Crippen molar-refractivity contribution in [2.24, 2.45) is 0 Å². The molecule has 232 valence electrons. The average molecular weight is 599 g/mol. The lowest BCUT2D eigenvalue weighted by atomic mass is 9.77. The Kier molecular flexibility index (Phi) is 7.12. The van der Waals surface area contributed by atoms with E-state index in [9.17, 15) is 4.79 Å². The predicted octanol–water partition coefficient (Wildman–Crippen LogP) is 5.00. The van der Waals surface area contributed by atoms with E-state index in [4.69, 9.17) is 24.4 Å². The quantitative estimate of drug-likeness (QED) is 0.400. The standard InChI is InChI=1S/C33H42N8O3/c1-22-17-24(9-10-26(22)39-15-12-33(13-16-39)11-14-38(33)4)35-30-34-18-25-29(37-30)40(20-32(25,3)21-43-5)27-7-6-8-28(36-27)41-23(2)19-44-31(41)42/h6-10,17-18,23H,11-16,19-21H2,1-5H3,(H,34,35,37)/t23-,32?/m0/s1. The molecule has 3 fully saturated rings. The van der Waals surface area contributed by atoms with E-state index in [1.807, 2.05) is 31.3 Å². The Morgan fingerprint density at radius 3 is 2.52 bits per heavy atom. The first-order valence-corrected chi connectivity index (χ1v) is 15.6. The lowest BCUT2D eigenvalue weighted by Crippen LogP contribution is -2.62. The number of amides is 1. The number of likely N-dealkylation sites (tertiary alicyclic amines) is 1. The van der Waals surface area contributed by atoms with E-state index in [-0.39, 0.29) is 17.6 Å². The molecule has 44 heavy (non-hydrogen) atoms. The van der Waals surface area contributed by atoms with E-state index in [1.54, 1.807) is 12.0 Å². The number of benzene rings is 1. The second-order valence-electron chi connectivity index (χ2n) is 13.2. The van der Waals surface area contributed by atoms with Crippen LogP contribution in [0.3, 0.4) is 0 Å². The molecule has 11 nitrogen and oxygen atoms in total. The highest BCUT2D eigenvalue weighted by atomic mass is 16.6. The van der Waals surface area contributed by atoms with Crippen molar-refractivity contribution in [1.29, 1.82) is 0 Å². The van der Waals surface area contributed by atoms with E-state index in [0.29, 0.717) is 42.9 Å². The number of hydrogen-bond donors (Lipinski definition) is 1. The number of nitrogens with one attached hydrogen (secondary N) is 1. The number of cyclic esters (lactones) is 1. The van der Waals surface area contributed by atoms with Crippen molar-refractivity contribution in [2.45, 2.75) is 57.0 Å². The zero-order chi connectivity index (χ0) is 30.6. The van der Waals surface area contributed by atoms with Gasteiger partial charge in [0.15, 0.2) is 0 Å². The van der Waals surface area contributed by atoms with Crippen LogP contribution < -0.4 is 20.0 Å². The number of fused-ring (bicyclic) bond motifs is 1. The molecule has 0 radical (unpaired) electrons. The van der Waals surface area contributed by atoms with Crippen molar-refractivity contribution in [1.82, 2.24) is 19.9 Å². The van der Waals surface area contributed by atoms with Crippen molar-refractivity contribution < 1.29 is 14.3 Å². The van der Waals surface area contributed by atoms with Crippen molar-refractivity contribution in [2.75, 3.05) is 73.6 Å². The fourth-order valence-corrected chi connectivity index (χ4v) is 7.40. The van der Waals surface area contributed by atoms with Crippen LogP contribution in [0.15, 0.2) is 42.6 Å². The Bertz CT molecular complexity index is 1570. The van der Waals surface area contributed by atoms with Crippen LogP contribution in [0.5, 0.6) is 0 Å². The molecular weight excluding hydrogens is 556 g/mol. The third kappa shape index (κ3) is 4.82. The van der Waals surface area contributed by atoms with Gasteiger partial charge in [-0.25, -0.2) is 14.8 Å². The topological polar surface area (TPSA) is 99.2 Å². The van der Waals surface area contributed by atoms with Gasteiger partial charge in [-0.3, -0.25) is 4.90 Å². The summed E-state index contributed by atoms with van der Waals surface area (Å²) < 4.78 is 10.9. The van der Waals surface area contributed by atoms with Crippen LogP contribution in [0, 0.1) is 6.92 Å². The molecule has 1 unspecified atom stereocenters. The highest BCUT2D eigenvalue weighted by molar-refractivity contribution is 5.89. The zero-order valence-electron chi connectivity index (χ0n) is 26.3. The number of aryl methyl sites for hydroxylation is 1. The second-order valence-corrected chi connectivity index (χ2v) is 13.2. The van der Waals surface area contributed by atoms with Gasteiger partial charge in [-0.15, -0.1) is 0 Å². The highest BCUT2D eigenvalue weighted by Gasteiger charge is 2.45. The van der Waals surface area contributed by atoms with Crippen LogP contribution in [0.2, 0.25) is 0 Å². The number of anilines is 6. The number of piperidine rings is 1. The number of pyridine rings is 1. The SMILES string of the molecule is COCC1(C)CN(c2cccc(N3C(=O)OC[C@@H]3C)n2)c2nc(Nc3ccc(N4CCC5(CC4)CCN5C)c(C)c3)ncc21. The van der Waals surface area contributed by atoms with E-state index >= 15 is 0 Å². The van der Waals surface area contributed by atoms with Gasteiger partial charge in [0, 0.05) is 67.4 Å². The third-order valence-electron chi connectivity index (χ3n) is 10.2. The minimum Gasteiger partial charge on any atom is -0.447 e. The van der Waals surface area contributed by atoms with Crippen LogP contribution in [0.1, 0.15) is 44.2 Å². The number of aromatic nitrogens is 3. The lowest BCUT2D eigenvalue weighted by molar-refractivity contribution is -0.00916. The lowest BCUT2D eigenvalue weighted by Gasteiger charge is -2.55. The first kappa shape index (κ1) is 28.8. The van der Waals surface area contributed by atoms with Crippen molar-refractivity contribution in [3.63, 3.8) is 0 Å². The molecule has 1 N–H and O–H groups in total. The Labute approximate surface area is 259 Å². The van der Waals surface area contributed by atoms with Gasteiger partial charge in [-0.2, -0.15) is 4.98 Å². The molecule has 3 aromatic rings. The van der Waals surface area contributed by atoms with Crippen LogP contribution in [0.25, 0.3) is 0 Å². The summed E-state index contributed by atoms with van der Waals surface area (Å²) >= 11 is 0. The second kappa shape index (κ2) is 10.9. The molecule has 1 aromatic carbocycles. The fourth-order valence-electron chi connectivity index (χ4n) is 7.40. The summed E-state index contributed by atoms with van der Waals surface area (Å²) in [6.07, 6.45) is 5.30. The Morgan fingerprint density at radius 2 is 1.86 bits per heavy atom. The minimum atomic E-state index is -0.376. The molecule has 2 aromatic heterocycles. The summed E-state index contributed by atoms with van der Waals surface area (Å²) in [5, 5.41) is 3.45. The largest absolute Gasteiger partial charge is 0.447 e. The van der Waals surface area contributed by atoms with Crippen LogP contribution in [-0.4, -0.2) is 91.1 Å². The molecule has 11 heteroatoms. The maximum absolute atomic E-state index is 12.4. The number of methoxy groups -OCH3 is 1. The van der Waals surface area contributed by atoms with Gasteiger partial charge in [-0.1, -0.05) is 13.0 Å². The Hall–Kier alpha value is -3.96. The summed E-state index contributed by atoms with van der Waals surface area (Å²) in [6.45, 7) is 11.2. The van der Waals surface area contributed by atoms with E-state index in [0.717, 1.165) is 30.2 Å². The Balaban J connectivity index is 1.13. The molecule has 0 bridgehead atoms. The summed E-state index contributed by atoms with van der Waals surface area (Å²) in [4.78, 5) is 35.8. The van der Waals surface area contributed by atoms with E-state index < -0.39 is 0 Å². The summed E-state index contributed by atoms with van der Waals surface area (Å²) in [6, 6.07) is 12.1. The van der Waals surface area contributed by atoms with Gasteiger partial charge in [-0.05, 0) is 76.1 Å². The summed E-state index contributed by atoms with van der Waals surface area (Å²) in [5.41, 5.74) is 4.57. The first-order valence-electron chi connectivity index (χ1n) is 15.6. The van der Waals surface area contributed by atoms with Gasteiger partial charge in [0.05, 0.1) is 12.6 Å². The number of carbonyl (C=O) groups is 1. The maximum atomic E-state index is 12.4. The van der Waals surface area contributed by atoms with Gasteiger partial charge < -0.3 is 29.5 Å². The number of ether oxygens (including phenoxy) is 2. The van der Waals surface area contributed by atoms with Crippen LogP contribution >= 0.6 is 0 Å². The highest BCUT2D eigenvalue weighted by Crippen LogP contribution is 2.44. The van der Waals surface area contributed by atoms with Gasteiger partial charge >= 0.3 is 6.09 Å². The molecule has 7 rings (SSSR count). The monoisotopic (exact) mass is 598 g/mol. The van der Waals surface area contributed by atoms with E-state index in [1.165, 1.54) is 37.1 Å². The third-order valence-corrected chi connectivity index (χ3v) is 10.2. The smallest absolute Gasteiger partial charge is 0.415 e. The molecule has 1 amide bonds. The van der Waals surface area contributed by atoms with Crippen LogP contribution in [-0.2, 0) is 14.9 Å². The fraction of sp³-hybridized carbons (Fsp3) is 0.515. The molecular formula is C33H42N8O3. The van der Waals surface area contributed by atoms with E-state index in [2.05, 4.69) is 59.1 Å². The molecule has 0 saturated carbocycles. The van der Waals surface area contributed by atoms with Crippen molar-refractivity contribution in [3.05, 3.63) is 53.7 Å². The molecule has 0 aliphatic carbocycles. The number of hydrogen-bond acceptors (Lipinski definition) is 10. The normalized spacial score (nSPS) is 24.4. The van der Waals surface area contributed by atoms with Crippen molar-refractivity contribution in [3.8, 4) is 0 Å². The first-order chi connectivity index (χ1) is 21.2. The summed E-state index contributed by atoms with van der Waals surface area (Å²) in [7, 11) is 3.98. The zero-order valence-corrected chi connectivity index (χ0v) is 26.3. The molecule has 1 spiro atoms. The number of carbonyl (C=O) groups excluding carboxylic acids is 1. The summed E-state index contributed by atoms with van der Waals surface area (Å²) in [5.74, 6) is 2.56. The number of rotatable bonds is 7. The van der Waals surface area contributed by atoms with Gasteiger partial charge in [0.25, 0.3) is 0 Å². The molecule has 2 atom stereocenters. The molecule has 4 aliphatic heterocycles. The molecule has 4 aliphatic rings. The average Bonchev–Trinajstić information content (AvgIpc) is 3.51. The molecule has 6 heterocycles. The predicted molar refractivity (Wildman–Crippen MR) is 172 cm³/mol. The maximum Gasteiger partial charge on any atom is 0.415 e. The van der Waals surface area contributed by atoms with Crippen molar-refractivity contribution >= 4 is 40.9 Å². The van der Waals surface area contributed by atoms with Gasteiger partial charge in [0.1, 0.15) is 24.1 Å². The van der Waals surface area contributed by atoms with Gasteiger partial charge in [0.2, 0.25) is 5.95 Å². The van der Waals surface area contributed by atoms with Crippen LogP contribution in [0.4, 0.5) is 39.6 Å². The number of nitrogens with zero attached hydrogens (tertiary/aromatic N) is 7. The molecule has 3 saturated heterocycles.